The van der Waals surface area contributed by atoms with Crippen molar-refractivity contribution in [1.29, 1.82) is 0 Å². The highest BCUT2D eigenvalue weighted by Gasteiger charge is 2.08. The number of anilines is 2. The second-order valence-electron chi connectivity index (χ2n) is 6.81. The van der Waals surface area contributed by atoms with Crippen LogP contribution < -0.4 is 16.2 Å². The second kappa shape index (κ2) is 8.93. The summed E-state index contributed by atoms with van der Waals surface area (Å²) >= 11 is 1.58. The summed E-state index contributed by atoms with van der Waals surface area (Å²) in [6.07, 6.45) is 8.06. The van der Waals surface area contributed by atoms with E-state index in [-0.39, 0.29) is 5.56 Å². The van der Waals surface area contributed by atoms with Crippen LogP contribution in [0.3, 0.4) is 0 Å². The number of thiazole rings is 1. The maximum Gasteiger partial charge on any atom is 0.249 e. The van der Waals surface area contributed by atoms with Crippen LogP contribution in [0.2, 0.25) is 0 Å². The molecule has 7 nitrogen and oxygen atoms in total. The van der Waals surface area contributed by atoms with E-state index in [9.17, 15) is 4.79 Å². The molecule has 1 fully saturated rings. The Morgan fingerprint density at radius 3 is 2.59 bits per heavy atom. The molecular formula is C21H22N6OS. The van der Waals surface area contributed by atoms with Crippen molar-refractivity contribution in [3.63, 3.8) is 0 Å². The van der Waals surface area contributed by atoms with Crippen molar-refractivity contribution in [3.05, 3.63) is 64.8 Å². The number of fused-ring (bicyclic) bond motifs is 1. The molecule has 0 bridgehead atoms. The topological polar surface area (TPSA) is 95.6 Å². The Morgan fingerprint density at radius 2 is 1.90 bits per heavy atom. The van der Waals surface area contributed by atoms with Gasteiger partial charge in [-0.25, -0.2) is 9.97 Å². The van der Waals surface area contributed by atoms with Crippen molar-refractivity contribution < 1.29 is 0 Å². The third-order valence-corrected chi connectivity index (χ3v) is 5.47. The molecule has 0 aliphatic carbocycles. The lowest BCUT2D eigenvalue weighted by atomic mass is 10.3. The van der Waals surface area contributed by atoms with Crippen LogP contribution in [0.1, 0.15) is 18.4 Å². The quantitative estimate of drug-likeness (QED) is 0.478. The molecule has 1 saturated heterocycles. The summed E-state index contributed by atoms with van der Waals surface area (Å²) in [6.45, 7) is 4.37. The van der Waals surface area contributed by atoms with E-state index in [4.69, 9.17) is 0 Å². The van der Waals surface area contributed by atoms with Gasteiger partial charge >= 0.3 is 0 Å². The number of aryl methyl sites for hydroxylation is 1. The van der Waals surface area contributed by atoms with Crippen LogP contribution in [0.4, 0.5) is 11.6 Å². The van der Waals surface area contributed by atoms with Gasteiger partial charge in [-0.3, -0.25) is 9.78 Å². The van der Waals surface area contributed by atoms with Crippen LogP contribution in [0.15, 0.2) is 53.7 Å². The zero-order valence-electron chi connectivity index (χ0n) is 16.1. The van der Waals surface area contributed by atoms with Gasteiger partial charge in [0.1, 0.15) is 16.6 Å². The fraction of sp³-hybridized carbons (Fsp3) is 0.238. The Kier molecular flexibility index (Phi) is 5.92. The van der Waals surface area contributed by atoms with Crippen LogP contribution >= 0.6 is 11.3 Å². The first-order valence-corrected chi connectivity index (χ1v) is 10.3. The number of rotatable bonds is 3. The molecule has 148 valence electrons. The molecule has 1 aliphatic heterocycles. The third kappa shape index (κ3) is 5.04. The van der Waals surface area contributed by atoms with E-state index in [0.29, 0.717) is 11.6 Å². The minimum atomic E-state index is -0.146. The maximum absolute atomic E-state index is 11.5. The van der Waals surface area contributed by atoms with Crippen molar-refractivity contribution in [2.45, 2.75) is 19.8 Å². The minimum Gasteiger partial charge on any atom is -0.326 e. The molecule has 1 aliphatic rings. The highest BCUT2D eigenvalue weighted by molar-refractivity contribution is 7.21. The summed E-state index contributed by atoms with van der Waals surface area (Å²) in [7, 11) is 0. The summed E-state index contributed by atoms with van der Waals surface area (Å²) in [4.78, 5) is 27.4. The molecule has 5 heterocycles. The number of aromatic nitrogens is 4. The van der Waals surface area contributed by atoms with E-state index >= 15 is 0 Å². The van der Waals surface area contributed by atoms with E-state index in [1.54, 1.807) is 36.0 Å². The van der Waals surface area contributed by atoms with Gasteiger partial charge in [0.25, 0.3) is 0 Å². The predicted molar refractivity (Wildman–Crippen MR) is 118 cm³/mol. The Balaban J connectivity index is 0.000000359. The van der Waals surface area contributed by atoms with Crippen LogP contribution in [0.5, 0.6) is 0 Å². The van der Waals surface area contributed by atoms with Crippen LogP contribution in [-0.2, 0) is 0 Å². The second-order valence-corrected chi connectivity index (χ2v) is 7.84. The molecule has 0 radical (unpaired) electrons. The molecule has 0 amide bonds. The number of hydrogen-bond donors (Lipinski definition) is 3. The molecule has 5 rings (SSSR count). The number of nitrogens with one attached hydrogen (secondary N) is 3. The van der Waals surface area contributed by atoms with Gasteiger partial charge in [-0.15, -0.1) is 11.3 Å². The zero-order valence-corrected chi connectivity index (χ0v) is 16.9. The first-order valence-electron chi connectivity index (χ1n) is 9.53. The van der Waals surface area contributed by atoms with Crippen molar-refractivity contribution in [2.24, 2.45) is 0 Å². The zero-order chi connectivity index (χ0) is 20.1. The van der Waals surface area contributed by atoms with Crippen LogP contribution in [0, 0.1) is 6.92 Å². The highest BCUT2D eigenvalue weighted by Crippen LogP contribution is 2.30. The lowest BCUT2D eigenvalue weighted by Gasteiger charge is -2.05. The normalized spacial score (nSPS) is 13.1. The molecule has 29 heavy (non-hydrogen) atoms. The third-order valence-electron chi connectivity index (χ3n) is 4.41. The molecule has 4 aromatic rings. The van der Waals surface area contributed by atoms with E-state index in [2.05, 4.69) is 30.6 Å². The molecule has 0 atom stereocenters. The summed E-state index contributed by atoms with van der Waals surface area (Å²) < 4.78 is 1.00. The Bertz CT molecular complexity index is 1140. The van der Waals surface area contributed by atoms with Gasteiger partial charge in [-0.1, -0.05) is 0 Å². The molecule has 0 unspecified atom stereocenters. The Hall–Kier alpha value is -3.10. The summed E-state index contributed by atoms with van der Waals surface area (Å²) in [5.74, 6) is 1.24. The Labute approximate surface area is 172 Å². The summed E-state index contributed by atoms with van der Waals surface area (Å²) in [5, 5.41) is 7.26. The first-order chi connectivity index (χ1) is 14.2. The lowest BCUT2D eigenvalue weighted by molar-refractivity contribution is 0.857. The molecule has 0 saturated carbocycles. The van der Waals surface area contributed by atoms with Gasteiger partial charge in [0.2, 0.25) is 5.56 Å². The smallest absolute Gasteiger partial charge is 0.249 e. The van der Waals surface area contributed by atoms with Gasteiger partial charge in [0, 0.05) is 36.3 Å². The van der Waals surface area contributed by atoms with Gasteiger partial charge < -0.3 is 15.6 Å². The minimum absolute atomic E-state index is 0.146. The molecule has 8 heteroatoms. The molecule has 3 N–H and O–H groups in total. The monoisotopic (exact) mass is 406 g/mol. The fourth-order valence-corrected chi connectivity index (χ4v) is 3.95. The van der Waals surface area contributed by atoms with Crippen molar-refractivity contribution in [3.8, 4) is 10.6 Å². The number of nitrogens with zero attached hydrogens (tertiary/aromatic N) is 3. The van der Waals surface area contributed by atoms with E-state index in [1.807, 2.05) is 31.2 Å². The lowest BCUT2D eigenvalue weighted by Crippen LogP contribution is -2.08. The molecule has 0 aromatic carbocycles. The fourth-order valence-electron chi connectivity index (χ4n) is 3.03. The van der Waals surface area contributed by atoms with Gasteiger partial charge in [0.05, 0.1) is 10.2 Å². The van der Waals surface area contributed by atoms with E-state index in [0.717, 1.165) is 26.4 Å². The van der Waals surface area contributed by atoms with Gasteiger partial charge in [0.15, 0.2) is 0 Å². The van der Waals surface area contributed by atoms with Crippen molar-refractivity contribution >= 4 is 33.2 Å². The predicted octanol–water partition coefficient (Wildman–Crippen LogP) is 3.86. The largest absolute Gasteiger partial charge is 0.326 e. The van der Waals surface area contributed by atoms with Crippen LogP contribution in [-0.4, -0.2) is 33.0 Å². The first kappa shape index (κ1) is 19.2. The molecular weight excluding hydrogens is 384 g/mol. The average Bonchev–Trinajstić information content (AvgIpc) is 3.41. The van der Waals surface area contributed by atoms with Crippen molar-refractivity contribution in [2.75, 3.05) is 18.4 Å². The SMILES string of the molecule is C1CCNC1.Cc1cc(Nc2cc3nc(-c4ccncc4)sc3cn2)[nH]c(=O)c1. The van der Waals surface area contributed by atoms with Crippen molar-refractivity contribution in [1.82, 2.24) is 25.3 Å². The highest BCUT2D eigenvalue weighted by atomic mass is 32.1. The van der Waals surface area contributed by atoms with E-state index < -0.39 is 0 Å². The van der Waals surface area contributed by atoms with Crippen LogP contribution in [0.25, 0.3) is 20.8 Å². The van der Waals surface area contributed by atoms with E-state index in [1.165, 1.54) is 25.9 Å². The molecule has 4 aromatic heterocycles. The Morgan fingerprint density at radius 1 is 1.10 bits per heavy atom. The summed E-state index contributed by atoms with van der Waals surface area (Å²) in [6, 6.07) is 9.14. The maximum atomic E-state index is 11.5. The number of pyridine rings is 3. The number of hydrogen-bond acceptors (Lipinski definition) is 7. The standard InChI is InChI=1S/C17H13N5OS.C4H9N/c1-10-6-15(22-16(23)7-10)21-14-8-12-13(9-19-14)24-17(20-12)11-2-4-18-5-3-11;1-2-4-5-3-1/h2-9H,1H3,(H2,19,21,22,23);5H,1-4H2. The number of H-pyrrole nitrogens is 1. The number of aromatic amines is 1. The summed E-state index contributed by atoms with van der Waals surface area (Å²) in [5.41, 5.74) is 2.63. The molecule has 0 spiro atoms. The van der Waals surface area contributed by atoms with Gasteiger partial charge in [-0.2, -0.15) is 0 Å². The average molecular weight is 407 g/mol. The van der Waals surface area contributed by atoms with Gasteiger partial charge in [-0.05, 0) is 56.6 Å².